The number of nitrogens with two attached hydrogens (primary N) is 1. The van der Waals surface area contributed by atoms with E-state index in [1.54, 1.807) is 0 Å². The van der Waals surface area contributed by atoms with E-state index in [1.807, 2.05) is 24.2 Å². The van der Waals surface area contributed by atoms with Crippen LogP contribution in [0.1, 0.15) is 16.7 Å². The van der Waals surface area contributed by atoms with Gasteiger partial charge in [-0.1, -0.05) is 18.2 Å². The molecule has 0 atom stereocenters. The lowest BCUT2D eigenvalue weighted by Gasteiger charge is -2.04. The fraction of sp³-hybridized carbons (Fsp3) is 0.214. The molecule has 0 radical (unpaired) electrons. The SMILES string of the molecule is Cc1cncc(CSc2cccc(CN)c2)c1. The normalized spacial score (nSPS) is 10.5. The highest BCUT2D eigenvalue weighted by Gasteiger charge is 1.98. The molecule has 17 heavy (non-hydrogen) atoms. The number of rotatable bonds is 4. The second-order valence-corrected chi connectivity index (χ2v) is 5.06. The second-order valence-electron chi connectivity index (χ2n) is 4.01. The van der Waals surface area contributed by atoms with Crippen LogP contribution in [-0.2, 0) is 12.3 Å². The van der Waals surface area contributed by atoms with E-state index in [0.29, 0.717) is 6.54 Å². The van der Waals surface area contributed by atoms with Crippen molar-refractivity contribution in [3.63, 3.8) is 0 Å². The van der Waals surface area contributed by atoms with Gasteiger partial charge >= 0.3 is 0 Å². The zero-order chi connectivity index (χ0) is 12.1. The highest BCUT2D eigenvalue weighted by molar-refractivity contribution is 7.98. The van der Waals surface area contributed by atoms with Crippen molar-refractivity contribution in [2.24, 2.45) is 5.73 Å². The Morgan fingerprint density at radius 2 is 2.06 bits per heavy atom. The minimum absolute atomic E-state index is 0.598. The van der Waals surface area contributed by atoms with Crippen molar-refractivity contribution in [2.75, 3.05) is 0 Å². The Morgan fingerprint density at radius 3 is 2.82 bits per heavy atom. The summed E-state index contributed by atoms with van der Waals surface area (Å²) in [5.41, 5.74) is 9.27. The van der Waals surface area contributed by atoms with Crippen molar-refractivity contribution in [1.29, 1.82) is 0 Å². The molecule has 0 saturated carbocycles. The second kappa shape index (κ2) is 5.84. The maximum Gasteiger partial charge on any atom is 0.0308 e. The molecule has 0 aliphatic rings. The van der Waals surface area contributed by atoms with Gasteiger partial charge < -0.3 is 5.73 Å². The lowest BCUT2D eigenvalue weighted by atomic mass is 10.2. The molecule has 3 heteroatoms. The standard InChI is InChI=1S/C14H16N2S/c1-11-5-13(9-16-8-11)10-17-14-4-2-3-12(6-14)7-15/h2-6,8-9H,7,10,15H2,1H3. The number of benzene rings is 1. The molecule has 1 aromatic heterocycles. The molecule has 2 nitrogen and oxygen atoms in total. The van der Waals surface area contributed by atoms with Crippen molar-refractivity contribution in [3.05, 3.63) is 59.4 Å². The van der Waals surface area contributed by atoms with Crippen LogP contribution in [0.15, 0.2) is 47.6 Å². The predicted molar refractivity (Wildman–Crippen MR) is 72.9 cm³/mol. The summed E-state index contributed by atoms with van der Waals surface area (Å²) in [6.07, 6.45) is 3.80. The number of nitrogens with zero attached hydrogens (tertiary/aromatic N) is 1. The third kappa shape index (κ3) is 3.58. The first kappa shape index (κ1) is 12.1. The van der Waals surface area contributed by atoms with Gasteiger partial charge in [-0.25, -0.2) is 0 Å². The summed E-state index contributed by atoms with van der Waals surface area (Å²) >= 11 is 1.82. The first-order valence-electron chi connectivity index (χ1n) is 5.60. The smallest absolute Gasteiger partial charge is 0.0308 e. The van der Waals surface area contributed by atoms with E-state index in [0.717, 1.165) is 5.75 Å². The molecule has 2 aromatic rings. The van der Waals surface area contributed by atoms with Crippen molar-refractivity contribution in [3.8, 4) is 0 Å². The van der Waals surface area contributed by atoms with Crippen molar-refractivity contribution in [1.82, 2.24) is 4.98 Å². The van der Waals surface area contributed by atoms with Gasteiger partial charge in [-0.3, -0.25) is 4.98 Å². The fourth-order valence-electron chi connectivity index (χ4n) is 1.63. The molecule has 88 valence electrons. The Hall–Kier alpha value is -1.32. The molecular formula is C14H16N2S. The number of aromatic nitrogens is 1. The summed E-state index contributed by atoms with van der Waals surface area (Å²) in [5.74, 6) is 0.947. The molecule has 0 fully saturated rings. The Bertz CT molecular complexity index is 497. The molecule has 0 spiro atoms. The van der Waals surface area contributed by atoms with Gasteiger partial charge in [-0.2, -0.15) is 0 Å². The van der Waals surface area contributed by atoms with Crippen LogP contribution in [0.2, 0.25) is 0 Å². The molecule has 1 aromatic carbocycles. The highest BCUT2D eigenvalue weighted by Crippen LogP contribution is 2.23. The predicted octanol–water partition coefficient (Wildman–Crippen LogP) is 3.14. The average Bonchev–Trinajstić information content (AvgIpc) is 2.37. The van der Waals surface area contributed by atoms with Crippen LogP contribution in [0.3, 0.4) is 0 Å². The van der Waals surface area contributed by atoms with Crippen LogP contribution in [-0.4, -0.2) is 4.98 Å². The summed E-state index contributed by atoms with van der Waals surface area (Å²) in [5, 5.41) is 0. The summed E-state index contributed by atoms with van der Waals surface area (Å²) in [6.45, 7) is 2.66. The average molecular weight is 244 g/mol. The number of aryl methyl sites for hydroxylation is 1. The zero-order valence-corrected chi connectivity index (χ0v) is 10.7. The number of thioether (sulfide) groups is 1. The van der Waals surface area contributed by atoms with Crippen LogP contribution >= 0.6 is 11.8 Å². The summed E-state index contributed by atoms with van der Waals surface area (Å²) in [4.78, 5) is 5.46. The summed E-state index contributed by atoms with van der Waals surface area (Å²) in [6, 6.07) is 10.5. The van der Waals surface area contributed by atoms with Gasteiger partial charge in [0, 0.05) is 29.6 Å². The van der Waals surface area contributed by atoms with E-state index < -0.39 is 0 Å². The van der Waals surface area contributed by atoms with E-state index in [2.05, 4.69) is 42.2 Å². The van der Waals surface area contributed by atoms with Crippen LogP contribution < -0.4 is 5.73 Å². The largest absolute Gasteiger partial charge is 0.326 e. The van der Waals surface area contributed by atoms with E-state index >= 15 is 0 Å². The minimum Gasteiger partial charge on any atom is -0.326 e. The number of pyridine rings is 1. The molecule has 1 heterocycles. The van der Waals surface area contributed by atoms with E-state index in [-0.39, 0.29) is 0 Å². The van der Waals surface area contributed by atoms with Gasteiger partial charge in [0.2, 0.25) is 0 Å². The molecule has 2 N–H and O–H groups in total. The zero-order valence-electron chi connectivity index (χ0n) is 9.89. The van der Waals surface area contributed by atoms with Crippen LogP contribution in [0.25, 0.3) is 0 Å². The molecule has 0 amide bonds. The number of hydrogen-bond donors (Lipinski definition) is 1. The van der Waals surface area contributed by atoms with E-state index in [1.165, 1.54) is 21.6 Å². The Labute approximate surface area is 106 Å². The van der Waals surface area contributed by atoms with Crippen LogP contribution in [0, 0.1) is 6.92 Å². The van der Waals surface area contributed by atoms with Gasteiger partial charge in [-0.15, -0.1) is 11.8 Å². The lowest BCUT2D eigenvalue weighted by Crippen LogP contribution is -1.95. The molecule has 2 rings (SSSR count). The Morgan fingerprint density at radius 1 is 1.18 bits per heavy atom. The van der Waals surface area contributed by atoms with Gasteiger partial charge in [0.15, 0.2) is 0 Å². The number of hydrogen-bond acceptors (Lipinski definition) is 3. The quantitative estimate of drug-likeness (QED) is 0.840. The third-order valence-electron chi connectivity index (χ3n) is 2.47. The highest BCUT2D eigenvalue weighted by atomic mass is 32.2. The lowest BCUT2D eigenvalue weighted by molar-refractivity contribution is 1.06. The van der Waals surface area contributed by atoms with Gasteiger partial charge in [0.05, 0.1) is 0 Å². The third-order valence-corrected chi connectivity index (χ3v) is 3.54. The van der Waals surface area contributed by atoms with Crippen molar-refractivity contribution in [2.45, 2.75) is 24.1 Å². The monoisotopic (exact) mass is 244 g/mol. The Balaban J connectivity index is 2.02. The minimum atomic E-state index is 0.598. The first-order chi connectivity index (χ1) is 8.28. The first-order valence-corrected chi connectivity index (χ1v) is 6.59. The summed E-state index contributed by atoms with van der Waals surface area (Å²) < 4.78 is 0. The molecule has 0 unspecified atom stereocenters. The van der Waals surface area contributed by atoms with Crippen molar-refractivity contribution < 1.29 is 0 Å². The maximum absolute atomic E-state index is 5.63. The maximum atomic E-state index is 5.63. The van der Waals surface area contributed by atoms with Crippen molar-refractivity contribution >= 4 is 11.8 Å². The van der Waals surface area contributed by atoms with Gasteiger partial charge in [-0.05, 0) is 35.7 Å². The molecule has 0 saturated heterocycles. The van der Waals surface area contributed by atoms with Crippen LogP contribution in [0.5, 0.6) is 0 Å². The Kier molecular flexibility index (Phi) is 4.18. The van der Waals surface area contributed by atoms with E-state index in [9.17, 15) is 0 Å². The fourth-order valence-corrected chi connectivity index (χ4v) is 2.53. The topological polar surface area (TPSA) is 38.9 Å². The molecule has 0 bridgehead atoms. The molecule has 0 aliphatic carbocycles. The summed E-state index contributed by atoms with van der Waals surface area (Å²) in [7, 11) is 0. The molecule has 0 aliphatic heterocycles. The van der Waals surface area contributed by atoms with E-state index in [4.69, 9.17) is 5.73 Å². The van der Waals surface area contributed by atoms with Gasteiger partial charge in [0.1, 0.15) is 0 Å². The van der Waals surface area contributed by atoms with Gasteiger partial charge in [0.25, 0.3) is 0 Å². The van der Waals surface area contributed by atoms with Crippen LogP contribution in [0.4, 0.5) is 0 Å². The molecular weight excluding hydrogens is 228 g/mol.